The first-order valence-electron chi connectivity index (χ1n) is 9.04. The first-order valence-corrected chi connectivity index (χ1v) is 9.92. The summed E-state index contributed by atoms with van der Waals surface area (Å²) in [7, 11) is 0. The fraction of sp³-hybridized carbons (Fsp3) is 0.667. The van der Waals surface area contributed by atoms with Crippen molar-refractivity contribution in [3.63, 3.8) is 0 Å². The third kappa shape index (κ3) is 6.09. The Hall–Kier alpha value is -1.96. The van der Waals surface area contributed by atoms with Gasteiger partial charge in [0, 0.05) is 37.9 Å². The average Bonchev–Trinajstić information content (AvgIpc) is 2.83. The molecule has 0 bridgehead atoms. The minimum Gasteiger partial charge on any atom is -0.480 e. The summed E-state index contributed by atoms with van der Waals surface area (Å²) in [5.41, 5.74) is 1.04. The lowest BCUT2D eigenvalue weighted by molar-refractivity contribution is -0.145. The number of carbonyl (C=O) groups excluding carboxylic acids is 2. The van der Waals surface area contributed by atoms with Gasteiger partial charge < -0.3 is 14.9 Å². The highest BCUT2D eigenvalue weighted by Gasteiger charge is 2.27. The van der Waals surface area contributed by atoms with Crippen molar-refractivity contribution in [1.82, 2.24) is 14.8 Å². The molecule has 144 valence electrons. The molecule has 0 spiro atoms. The van der Waals surface area contributed by atoms with Crippen molar-refractivity contribution in [3.05, 3.63) is 16.1 Å². The lowest BCUT2D eigenvalue weighted by Gasteiger charge is -2.28. The molecule has 1 fully saturated rings. The van der Waals surface area contributed by atoms with Gasteiger partial charge in [-0.15, -0.1) is 11.3 Å². The Labute approximate surface area is 158 Å². The van der Waals surface area contributed by atoms with Crippen molar-refractivity contribution >= 4 is 29.1 Å². The summed E-state index contributed by atoms with van der Waals surface area (Å²) in [6, 6.07) is -0.112. The van der Waals surface area contributed by atoms with Crippen LogP contribution in [-0.4, -0.2) is 63.4 Å². The maximum atomic E-state index is 12.5. The molecular weight excluding hydrogens is 354 g/mol. The minimum absolute atomic E-state index is 0.112. The van der Waals surface area contributed by atoms with E-state index in [4.69, 9.17) is 5.11 Å². The summed E-state index contributed by atoms with van der Waals surface area (Å²) < 4.78 is 0. The van der Waals surface area contributed by atoms with Crippen LogP contribution in [0.4, 0.5) is 0 Å². The average molecular weight is 381 g/mol. The van der Waals surface area contributed by atoms with E-state index in [1.807, 2.05) is 17.2 Å². The number of thiazole rings is 1. The number of aromatic nitrogens is 1. The van der Waals surface area contributed by atoms with Gasteiger partial charge in [-0.05, 0) is 39.0 Å². The highest BCUT2D eigenvalue weighted by atomic mass is 32.1. The van der Waals surface area contributed by atoms with Gasteiger partial charge >= 0.3 is 5.97 Å². The summed E-state index contributed by atoms with van der Waals surface area (Å²) >= 11 is 1.62. The lowest BCUT2D eigenvalue weighted by atomic mass is 10.1. The number of carboxylic acids is 1. The maximum absolute atomic E-state index is 12.5. The molecule has 2 amide bonds. The smallest absolute Gasteiger partial charge is 0.323 e. The monoisotopic (exact) mass is 381 g/mol. The molecule has 1 aromatic heterocycles. The van der Waals surface area contributed by atoms with Crippen molar-refractivity contribution in [2.24, 2.45) is 0 Å². The number of nitrogens with zero attached hydrogens (tertiary/aromatic N) is 3. The topological polar surface area (TPSA) is 90.8 Å². The summed E-state index contributed by atoms with van der Waals surface area (Å²) in [4.78, 5) is 42.9. The number of carboxylic acid groups (broad SMARTS) is 1. The summed E-state index contributed by atoms with van der Waals surface area (Å²) in [5.74, 6) is -1.10. The lowest BCUT2D eigenvalue weighted by Crippen LogP contribution is -2.43. The molecule has 1 aliphatic rings. The number of likely N-dealkylation sites (tertiary alicyclic amines) is 1. The van der Waals surface area contributed by atoms with Gasteiger partial charge in [-0.1, -0.05) is 0 Å². The van der Waals surface area contributed by atoms with E-state index in [0.717, 1.165) is 36.4 Å². The summed E-state index contributed by atoms with van der Waals surface area (Å²) in [5, 5.41) is 12.1. The van der Waals surface area contributed by atoms with E-state index >= 15 is 0 Å². The van der Waals surface area contributed by atoms with E-state index in [1.165, 1.54) is 11.8 Å². The molecule has 1 unspecified atom stereocenters. The number of rotatable bonds is 7. The molecule has 1 aliphatic heterocycles. The second-order valence-corrected chi connectivity index (χ2v) is 7.78. The van der Waals surface area contributed by atoms with Crippen LogP contribution in [0.2, 0.25) is 0 Å². The van der Waals surface area contributed by atoms with Crippen LogP contribution in [0.3, 0.4) is 0 Å². The summed E-state index contributed by atoms with van der Waals surface area (Å²) in [6.45, 7) is 4.34. The highest BCUT2D eigenvalue weighted by molar-refractivity contribution is 7.09. The van der Waals surface area contributed by atoms with Crippen LogP contribution in [0.1, 0.15) is 49.7 Å². The minimum atomic E-state index is -1.00. The standard InChI is InChI=1S/C18H27N3O4S/c1-13-19-15(12-26-13)5-3-7-17(23)20-9-4-6-16(8-10-20)21(14(2)22)11-18(24)25/h12,16H,3-11H2,1-2H3,(H,24,25). The number of aliphatic carboxylic acids is 1. The second-order valence-electron chi connectivity index (χ2n) is 6.72. The molecule has 0 aromatic carbocycles. The van der Waals surface area contributed by atoms with Crippen LogP contribution in [-0.2, 0) is 20.8 Å². The molecule has 2 rings (SSSR count). The normalized spacial score (nSPS) is 17.6. The molecule has 26 heavy (non-hydrogen) atoms. The number of aryl methyl sites for hydroxylation is 2. The maximum Gasteiger partial charge on any atom is 0.323 e. The van der Waals surface area contributed by atoms with Gasteiger partial charge in [0.05, 0.1) is 10.7 Å². The van der Waals surface area contributed by atoms with E-state index in [0.29, 0.717) is 25.9 Å². The molecule has 0 saturated carbocycles. The van der Waals surface area contributed by atoms with Gasteiger partial charge in [-0.25, -0.2) is 4.98 Å². The molecule has 0 aliphatic carbocycles. The summed E-state index contributed by atoms with van der Waals surface area (Å²) in [6.07, 6.45) is 4.22. The Bertz CT molecular complexity index is 646. The Morgan fingerprint density at radius 1 is 1.35 bits per heavy atom. The Kier molecular flexibility index (Phi) is 7.56. The zero-order chi connectivity index (χ0) is 19.1. The molecule has 7 nitrogen and oxygen atoms in total. The van der Waals surface area contributed by atoms with E-state index in [-0.39, 0.29) is 24.4 Å². The molecule has 1 saturated heterocycles. The van der Waals surface area contributed by atoms with Gasteiger partial charge in [-0.3, -0.25) is 14.4 Å². The number of hydrogen-bond acceptors (Lipinski definition) is 5. The molecule has 1 aromatic rings. The van der Waals surface area contributed by atoms with Crippen LogP contribution in [0.15, 0.2) is 5.38 Å². The first-order chi connectivity index (χ1) is 12.4. The predicted octanol–water partition coefficient (Wildman–Crippen LogP) is 2.09. The van der Waals surface area contributed by atoms with Gasteiger partial charge in [0.25, 0.3) is 0 Å². The third-order valence-electron chi connectivity index (χ3n) is 4.69. The van der Waals surface area contributed by atoms with Crippen molar-refractivity contribution in [3.8, 4) is 0 Å². The molecular formula is C18H27N3O4S. The highest BCUT2D eigenvalue weighted by Crippen LogP contribution is 2.18. The van der Waals surface area contributed by atoms with Crippen LogP contribution in [0, 0.1) is 6.92 Å². The zero-order valence-electron chi connectivity index (χ0n) is 15.4. The molecule has 0 radical (unpaired) electrons. The zero-order valence-corrected chi connectivity index (χ0v) is 16.3. The molecule has 2 heterocycles. The Morgan fingerprint density at radius 3 is 2.73 bits per heavy atom. The van der Waals surface area contributed by atoms with E-state index in [2.05, 4.69) is 4.98 Å². The third-order valence-corrected chi connectivity index (χ3v) is 5.51. The van der Waals surface area contributed by atoms with Gasteiger partial charge in [-0.2, -0.15) is 0 Å². The van der Waals surface area contributed by atoms with Crippen molar-refractivity contribution in [1.29, 1.82) is 0 Å². The van der Waals surface area contributed by atoms with Crippen molar-refractivity contribution in [2.45, 2.75) is 58.4 Å². The van der Waals surface area contributed by atoms with Gasteiger partial charge in [0.1, 0.15) is 6.54 Å². The van der Waals surface area contributed by atoms with E-state index in [9.17, 15) is 14.4 Å². The quantitative estimate of drug-likeness (QED) is 0.781. The van der Waals surface area contributed by atoms with Crippen LogP contribution in [0.5, 0.6) is 0 Å². The largest absolute Gasteiger partial charge is 0.480 e. The van der Waals surface area contributed by atoms with Crippen molar-refractivity contribution in [2.75, 3.05) is 19.6 Å². The Balaban J connectivity index is 1.81. The van der Waals surface area contributed by atoms with Gasteiger partial charge in [0.2, 0.25) is 11.8 Å². The fourth-order valence-electron chi connectivity index (χ4n) is 3.39. The van der Waals surface area contributed by atoms with E-state index < -0.39 is 5.97 Å². The van der Waals surface area contributed by atoms with E-state index in [1.54, 1.807) is 11.3 Å². The number of amides is 2. The molecule has 1 atom stereocenters. The number of hydrogen-bond donors (Lipinski definition) is 1. The number of carbonyl (C=O) groups is 3. The van der Waals surface area contributed by atoms with Crippen LogP contribution < -0.4 is 0 Å². The predicted molar refractivity (Wildman–Crippen MR) is 99.0 cm³/mol. The van der Waals surface area contributed by atoms with Crippen molar-refractivity contribution < 1.29 is 19.5 Å². The molecule has 8 heteroatoms. The second kappa shape index (κ2) is 9.66. The Morgan fingerprint density at radius 2 is 2.12 bits per heavy atom. The van der Waals surface area contributed by atoms with Crippen LogP contribution in [0.25, 0.3) is 0 Å². The van der Waals surface area contributed by atoms with Crippen LogP contribution >= 0.6 is 11.3 Å². The SMILES string of the molecule is CC(=O)N(CC(=O)O)C1CCCN(C(=O)CCCc2csc(C)n2)CC1. The first kappa shape index (κ1) is 20.4. The molecule has 1 N–H and O–H groups in total. The fourth-order valence-corrected chi connectivity index (χ4v) is 4.03. The van der Waals surface area contributed by atoms with Gasteiger partial charge in [0.15, 0.2) is 0 Å².